The van der Waals surface area contributed by atoms with Gasteiger partial charge >= 0.3 is 0 Å². The first-order valence-corrected chi connectivity index (χ1v) is 8.02. The van der Waals surface area contributed by atoms with Gasteiger partial charge in [-0.05, 0) is 79.4 Å². The molecule has 1 amide bonds. The molecular formula is C16H20ClNO2. The number of hydrogen-bond donors (Lipinski definition) is 1. The lowest BCUT2D eigenvalue weighted by atomic mass is 9.49. The van der Waals surface area contributed by atoms with E-state index in [-0.39, 0.29) is 11.1 Å². The Morgan fingerprint density at radius 2 is 1.85 bits per heavy atom. The van der Waals surface area contributed by atoms with E-state index in [1.165, 1.54) is 44.8 Å². The molecule has 0 radical (unpaired) electrons. The molecule has 1 N–H and O–H groups in total. The van der Waals surface area contributed by atoms with Gasteiger partial charge in [-0.25, -0.2) is 0 Å². The van der Waals surface area contributed by atoms with Crippen LogP contribution in [-0.2, 0) is 0 Å². The molecule has 4 aliphatic rings. The van der Waals surface area contributed by atoms with Gasteiger partial charge in [0.15, 0.2) is 0 Å². The Hall–Kier alpha value is -0.960. The molecule has 0 spiro atoms. The predicted octanol–water partition coefficient (Wildman–Crippen LogP) is 3.88. The lowest BCUT2D eigenvalue weighted by Gasteiger charge is -2.56. The Bertz CT molecular complexity index is 501. The minimum absolute atomic E-state index is 0.0977. The molecular weight excluding hydrogens is 274 g/mol. The summed E-state index contributed by atoms with van der Waals surface area (Å²) in [5.74, 6) is 2.64. The third-order valence-corrected chi connectivity index (χ3v) is 5.94. The number of halogens is 1. The van der Waals surface area contributed by atoms with Gasteiger partial charge in [0.2, 0.25) is 5.22 Å². The van der Waals surface area contributed by atoms with E-state index in [1.807, 2.05) is 0 Å². The van der Waals surface area contributed by atoms with Crippen LogP contribution in [0.3, 0.4) is 0 Å². The summed E-state index contributed by atoms with van der Waals surface area (Å²) in [7, 11) is 0. The van der Waals surface area contributed by atoms with Gasteiger partial charge in [-0.3, -0.25) is 4.79 Å². The van der Waals surface area contributed by atoms with Gasteiger partial charge in [0, 0.05) is 6.54 Å². The second kappa shape index (κ2) is 4.52. The largest absolute Gasteiger partial charge is 0.452 e. The van der Waals surface area contributed by atoms with Crippen LogP contribution in [0.1, 0.15) is 48.9 Å². The highest BCUT2D eigenvalue weighted by Gasteiger charge is 2.50. The number of carbonyl (C=O) groups is 1. The van der Waals surface area contributed by atoms with Gasteiger partial charge in [0.1, 0.15) is 0 Å². The van der Waals surface area contributed by atoms with Crippen LogP contribution >= 0.6 is 11.6 Å². The average molecular weight is 294 g/mol. The fourth-order valence-electron chi connectivity index (χ4n) is 5.33. The second-order valence-corrected chi connectivity index (χ2v) is 7.55. The number of carbonyl (C=O) groups excluding carboxylic acids is 1. The minimum Gasteiger partial charge on any atom is -0.452 e. The van der Waals surface area contributed by atoms with E-state index < -0.39 is 0 Å². The molecule has 4 bridgehead atoms. The molecule has 1 aromatic heterocycles. The molecule has 4 fully saturated rings. The summed E-state index contributed by atoms with van der Waals surface area (Å²) >= 11 is 5.86. The van der Waals surface area contributed by atoms with Crippen molar-refractivity contribution in [2.75, 3.05) is 6.54 Å². The zero-order valence-electron chi connectivity index (χ0n) is 11.5. The summed E-state index contributed by atoms with van der Waals surface area (Å²) in [5.41, 5.74) is 0.817. The fourth-order valence-corrected chi connectivity index (χ4v) is 5.53. The molecule has 0 unspecified atom stereocenters. The van der Waals surface area contributed by atoms with Gasteiger partial charge in [-0.15, -0.1) is 0 Å². The Labute approximate surface area is 124 Å². The van der Waals surface area contributed by atoms with Crippen LogP contribution in [0.15, 0.2) is 16.7 Å². The monoisotopic (exact) mass is 293 g/mol. The Morgan fingerprint density at radius 1 is 1.25 bits per heavy atom. The standard InChI is InChI=1S/C16H20ClNO2/c17-14-13(1-2-20-14)15(19)18-9-16-6-10-3-11(7-16)5-12(4-10)8-16/h1-2,10-12H,3-9H2,(H,18,19). The smallest absolute Gasteiger partial charge is 0.256 e. The third-order valence-electron chi connectivity index (χ3n) is 5.65. The van der Waals surface area contributed by atoms with E-state index in [1.54, 1.807) is 6.07 Å². The molecule has 20 heavy (non-hydrogen) atoms. The molecule has 4 saturated carbocycles. The van der Waals surface area contributed by atoms with Crippen molar-refractivity contribution in [1.29, 1.82) is 0 Å². The summed E-state index contributed by atoms with van der Waals surface area (Å²) in [6.45, 7) is 0.802. The van der Waals surface area contributed by atoms with Crippen molar-refractivity contribution in [2.45, 2.75) is 38.5 Å². The summed E-state index contributed by atoms with van der Waals surface area (Å²) in [6, 6.07) is 1.64. The maximum atomic E-state index is 12.2. The van der Waals surface area contributed by atoms with E-state index in [2.05, 4.69) is 5.32 Å². The molecule has 0 aromatic carbocycles. The highest BCUT2D eigenvalue weighted by molar-refractivity contribution is 6.32. The highest BCUT2D eigenvalue weighted by atomic mass is 35.5. The van der Waals surface area contributed by atoms with Gasteiger partial charge in [0.25, 0.3) is 5.91 Å². The van der Waals surface area contributed by atoms with Crippen molar-refractivity contribution >= 4 is 17.5 Å². The van der Waals surface area contributed by atoms with Crippen molar-refractivity contribution in [1.82, 2.24) is 5.32 Å². The zero-order valence-corrected chi connectivity index (χ0v) is 12.3. The van der Waals surface area contributed by atoms with Crippen molar-refractivity contribution in [3.05, 3.63) is 23.1 Å². The van der Waals surface area contributed by atoms with Crippen LogP contribution in [0.25, 0.3) is 0 Å². The van der Waals surface area contributed by atoms with Gasteiger partial charge in [-0.1, -0.05) is 0 Å². The Morgan fingerprint density at radius 3 is 2.35 bits per heavy atom. The van der Waals surface area contributed by atoms with Crippen molar-refractivity contribution < 1.29 is 9.21 Å². The molecule has 4 aliphatic carbocycles. The number of furan rings is 1. The first-order valence-electron chi connectivity index (χ1n) is 7.65. The van der Waals surface area contributed by atoms with E-state index in [9.17, 15) is 4.79 Å². The molecule has 4 heteroatoms. The highest BCUT2D eigenvalue weighted by Crippen LogP contribution is 2.59. The predicted molar refractivity (Wildman–Crippen MR) is 76.7 cm³/mol. The number of rotatable bonds is 3. The van der Waals surface area contributed by atoms with Crippen molar-refractivity contribution in [3.63, 3.8) is 0 Å². The topological polar surface area (TPSA) is 42.2 Å². The average Bonchev–Trinajstić information content (AvgIpc) is 2.81. The summed E-state index contributed by atoms with van der Waals surface area (Å²) in [5, 5.41) is 3.29. The fraction of sp³-hybridized carbons (Fsp3) is 0.688. The molecule has 1 aromatic rings. The van der Waals surface area contributed by atoms with Crippen LogP contribution < -0.4 is 5.32 Å². The molecule has 0 atom stereocenters. The molecule has 0 saturated heterocycles. The Kier molecular flexibility index (Phi) is 2.88. The molecule has 1 heterocycles. The van der Waals surface area contributed by atoms with Crippen LogP contribution in [0.2, 0.25) is 5.22 Å². The number of amides is 1. The zero-order chi connectivity index (χ0) is 13.7. The number of hydrogen-bond acceptors (Lipinski definition) is 2. The second-order valence-electron chi connectivity index (χ2n) is 7.21. The van der Waals surface area contributed by atoms with Gasteiger partial charge in [-0.2, -0.15) is 0 Å². The maximum Gasteiger partial charge on any atom is 0.256 e. The van der Waals surface area contributed by atoms with E-state index in [0.717, 1.165) is 24.3 Å². The van der Waals surface area contributed by atoms with Crippen LogP contribution in [0, 0.1) is 23.2 Å². The van der Waals surface area contributed by atoms with Crippen molar-refractivity contribution in [2.24, 2.45) is 23.2 Å². The Balaban J connectivity index is 1.45. The van der Waals surface area contributed by atoms with Crippen molar-refractivity contribution in [3.8, 4) is 0 Å². The van der Waals surface area contributed by atoms with Crippen LogP contribution in [0.4, 0.5) is 0 Å². The van der Waals surface area contributed by atoms with E-state index in [4.69, 9.17) is 16.0 Å². The summed E-state index contributed by atoms with van der Waals surface area (Å²) in [6.07, 6.45) is 9.67. The van der Waals surface area contributed by atoms with Crippen LogP contribution in [-0.4, -0.2) is 12.5 Å². The quantitative estimate of drug-likeness (QED) is 0.919. The minimum atomic E-state index is -0.0977. The lowest BCUT2D eigenvalue weighted by molar-refractivity contribution is -0.0503. The third kappa shape index (κ3) is 2.07. The van der Waals surface area contributed by atoms with Crippen LogP contribution in [0.5, 0.6) is 0 Å². The molecule has 0 aliphatic heterocycles. The first kappa shape index (κ1) is 12.8. The molecule has 108 valence electrons. The molecule has 3 nitrogen and oxygen atoms in total. The molecule has 5 rings (SSSR count). The normalized spacial score (nSPS) is 38.1. The maximum absolute atomic E-state index is 12.2. The van der Waals surface area contributed by atoms with E-state index >= 15 is 0 Å². The summed E-state index contributed by atoms with van der Waals surface area (Å²) in [4.78, 5) is 12.2. The SMILES string of the molecule is O=C(NCC12CC3CC(CC(C3)C1)C2)c1ccoc1Cl. The first-order chi connectivity index (χ1) is 9.63. The lowest BCUT2D eigenvalue weighted by Crippen LogP contribution is -2.51. The van der Waals surface area contributed by atoms with Gasteiger partial charge < -0.3 is 9.73 Å². The van der Waals surface area contributed by atoms with Gasteiger partial charge in [0.05, 0.1) is 11.8 Å². The van der Waals surface area contributed by atoms with E-state index in [0.29, 0.717) is 11.0 Å². The number of nitrogens with one attached hydrogen (secondary N) is 1. The summed E-state index contributed by atoms with van der Waals surface area (Å²) < 4.78 is 4.99.